The Bertz CT molecular complexity index is 898. The first-order valence-corrected chi connectivity index (χ1v) is 10.0. The maximum atomic E-state index is 12.3. The Hall–Kier alpha value is -1.91. The minimum atomic E-state index is -4.64. The molecule has 1 aliphatic rings. The van der Waals surface area contributed by atoms with Crippen LogP contribution in [0.4, 0.5) is 18.9 Å². The van der Waals surface area contributed by atoms with E-state index < -0.39 is 22.7 Å². The van der Waals surface area contributed by atoms with Crippen LogP contribution in [0.15, 0.2) is 35.2 Å². The number of nitrogens with one attached hydrogen (secondary N) is 2. The van der Waals surface area contributed by atoms with Gasteiger partial charge in [0, 0.05) is 10.6 Å². The SMILES string of the molecule is O=C(Nc1ccc(S(=O)(=O)NCC(F)(F)F)cc1)c1cc2c(s1)CCC2. The summed E-state index contributed by atoms with van der Waals surface area (Å²) in [6.07, 6.45) is -1.59. The van der Waals surface area contributed by atoms with Gasteiger partial charge in [0.25, 0.3) is 5.91 Å². The third-order valence-corrected chi connectivity index (χ3v) is 6.51. The molecule has 1 aromatic carbocycles. The van der Waals surface area contributed by atoms with Crippen molar-refractivity contribution in [1.29, 1.82) is 0 Å². The summed E-state index contributed by atoms with van der Waals surface area (Å²) in [4.78, 5) is 13.7. The number of hydrogen-bond acceptors (Lipinski definition) is 4. The summed E-state index contributed by atoms with van der Waals surface area (Å²) >= 11 is 1.44. The number of aryl methyl sites for hydroxylation is 2. The van der Waals surface area contributed by atoms with Crippen LogP contribution in [0.1, 0.15) is 26.5 Å². The first-order valence-electron chi connectivity index (χ1n) is 7.73. The number of carbonyl (C=O) groups is 1. The minimum absolute atomic E-state index is 0.296. The van der Waals surface area contributed by atoms with Crippen LogP contribution in [0, 0.1) is 0 Å². The fraction of sp³-hybridized carbons (Fsp3) is 0.312. The van der Waals surface area contributed by atoms with E-state index in [1.807, 2.05) is 6.07 Å². The molecule has 1 amide bonds. The predicted molar refractivity (Wildman–Crippen MR) is 92.0 cm³/mol. The van der Waals surface area contributed by atoms with Crippen LogP contribution >= 0.6 is 11.3 Å². The summed E-state index contributed by atoms with van der Waals surface area (Å²) in [6.45, 7) is -1.64. The Kier molecular flexibility index (Phi) is 5.09. The first kappa shape index (κ1) is 18.9. The monoisotopic (exact) mass is 404 g/mol. The number of fused-ring (bicyclic) bond motifs is 1. The third kappa shape index (κ3) is 4.43. The van der Waals surface area contributed by atoms with Crippen LogP contribution in [0.25, 0.3) is 0 Å². The lowest BCUT2D eigenvalue weighted by Gasteiger charge is -2.10. The molecular weight excluding hydrogens is 389 g/mol. The van der Waals surface area contributed by atoms with Gasteiger partial charge in [0.05, 0.1) is 9.77 Å². The number of anilines is 1. The lowest BCUT2D eigenvalue weighted by molar-refractivity contribution is -0.121. The van der Waals surface area contributed by atoms with Crippen molar-refractivity contribution >= 4 is 33.0 Å². The second kappa shape index (κ2) is 7.01. The normalized spacial score (nSPS) is 14.3. The molecule has 1 aliphatic carbocycles. The second-order valence-corrected chi connectivity index (χ2v) is 8.73. The Morgan fingerprint density at radius 3 is 2.46 bits per heavy atom. The van der Waals surface area contributed by atoms with Gasteiger partial charge in [-0.1, -0.05) is 0 Å². The molecule has 0 bridgehead atoms. The van der Waals surface area contributed by atoms with Crippen molar-refractivity contribution in [1.82, 2.24) is 4.72 Å². The van der Waals surface area contributed by atoms with Gasteiger partial charge in [-0.15, -0.1) is 11.3 Å². The van der Waals surface area contributed by atoms with Crippen LogP contribution in [0.5, 0.6) is 0 Å². The van der Waals surface area contributed by atoms with Crippen molar-refractivity contribution in [2.75, 3.05) is 11.9 Å². The molecule has 26 heavy (non-hydrogen) atoms. The van der Waals surface area contributed by atoms with E-state index in [2.05, 4.69) is 5.32 Å². The molecule has 1 heterocycles. The van der Waals surface area contributed by atoms with E-state index >= 15 is 0 Å². The van der Waals surface area contributed by atoms with Crippen molar-refractivity contribution < 1.29 is 26.4 Å². The zero-order chi connectivity index (χ0) is 18.9. The number of thiophene rings is 1. The number of benzene rings is 1. The standard InChI is InChI=1S/C16H15F3N2O3S2/c17-16(18,19)9-20-26(23,24)12-6-4-11(5-7-12)21-15(22)14-8-10-2-1-3-13(10)25-14/h4-8,20H,1-3,9H2,(H,21,22). The highest BCUT2D eigenvalue weighted by atomic mass is 32.2. The smallest absolute Gasteiger partial charge is 0.321 e. The van der Waals surface area contributed by atoms with Gasteiger partial charge in [0.2, 0.25) is 10.0 Å². The molecule has 0 spiro atoms. The molecule has 0 saturated carbocycles. The van der Waals surface area contributed by atoms with E-state index in [1.54, 1.807) is 0 Å². The highest BCUT2D eigenvalue weighted by Crippen LogP contribution is 2.31. The average Bonchev–Trinajstić information content (AvgIpc) is 3.14. The Balaban J connectivity index is 1.66. The first-order chi connectivity index (χ1) is 12.1. The molecule has 0 radical (unpaired) electrons. The molecule has 2 aromatic rings. The molecule has 5 nitrogen and oxygen atoms in total. The summed E-state index contributed by atoms with van der Waals surface area (Å²) in [5, 5.41) is 2.66. The summed E-state index contributed by atoms with van der Waals surface area (Å²) in [5.41, 5.74) is 1.55. The van der Waals surface area contributed by atoms with E-state index in [1.165, 1.54) is 38.6 Å². The molecule has 2 N–H and O–H groups in total. The average molecular weight is 404 g/mol. The molecule has 1 aromatic heterocycles. The molecule has 0 atom stereocenters. The third-order valence-electron chi connectivity index (χ3n) is 3.86. The number of rotatable bonds is 5. The van der Waals surface area contributed by atoms with E-state index in [0.717, 1.165) is 31.4 Å². The van der Waals surface area contributed by atoms with E-state index in [0.29, 0.717) is 10.6 Å². The van der Waals surface area contributed by atoms with Crippen molar-refractivity contribution in [2.24, 2.45) is 0 Å². The Labute approximate surface area is 152 Å². The lowest BCUT2D eigenvalue weighted by Crippen LogP contribution is -2.33. The van der Waals surface area contributed by atoms with Gasteiger partial charge >= 0.3 is 6.18 Å². The van der Waals surface area contributed by atoms with Gasteiger partial charge < -0.3 is 5.32 Å². The number of sulfonamides is 1. The maximum Gasteiger partial charge on any atom is 0.402 e. The van der Waals surface area contributed by atoms with Crippen LogP contribution in [-0.2, 0) is 22.9 Å². The summed E-state index contributed by atoms with van der Waals surface area (Å²) in [6, 6.07) is 6.82. The van der Waals surface area contributed by atoms with E-state index in [-0.39, 0.29) is 10.8 Å². The van der Waals surface area contributed by atoms with Crippen molar-refractivity contribution in [3.63, 3.8) is 0 Å². The van der Waals surface area contributed by atoms with Gasteiger partial charge in [-0.2, -0.15) is 13.2 Å². The highest BCUT2D eigenvalue weighted by molar-refractivity contribution is 7.89. The van der Waals surface area contributed by atoms with Gasteiger partial charge in [-0.3, -0.25) is 4.79 Å². The van der Waals surface area contributed by atoms with Gasteiger partial charge in [0.1, 0.15) is 6.54 Å². The number of hydrogen-bond donors (Lipinski definition) is 2. The predicted octanol–water partition coefficient (Wildman–Crippen LogP) is 3.33. The Morgan fingerprint density at radius 1 is 1.15 bits per heavy atom. The van der Waals surface area contributed by atoms with Crippen molar-refractivity contribution in [3.05, 3.63) is 45.6 Å². The number of alkyl halides is 3. The molecular formula is C16H15F3N2O3S2. The molecule has 140 valence electrons. The van der Waals surface area contributed by atoms with Gasteiger partial charge in [-0.25, -0.2) is 13.1 Å². The summed E-state index contributed by atoms with van der Waals surface area (Å²) in [7, 11) is -4.27. The van der Waals surface area contributed by atoms with E-state index in [4.69, 9.17) is 0 Å². The fourth-order valence-corrected chi connectivity index (χ4v) is 4.77. The van der Waals surface area contributed by atoms with Crippen LogP contribution in [0.3, 0.4) is 0 Å². The fourth-order valence-electron chi connectivity index (χ4n) is 2.61. The number of amides is 1. The zero-order valence-corrected chi connectivity index (χ0v) is 15.0. The summed E-state index contributed by atoms with van der Waals surface area (Å²) < 4.78 is 61.6. The molecule has 0 aliphatic heterocycles. The summed E-state index contributed by atoms with van der Waals surface area (Å²) in [5.74, 6) is -0.296. The molecule has 10 heteroatoms. The van der Waals surface area contributed by atoms with Crippen molar-refractivity contribution in [2.45, 2.75) is 30.3 Å². The zero-order valence-electron chi connectivity index (χ0n) is 13.4. The lowest BCUT2D eigenvalue weighted by atomic mass is 10.2. The van der Waals surface area contributed by atoms with Crippen LogP contribution in [-0.4, -0.2) is 27.0 Å². The van der Waals surface area contributed by atoms with E-state index in [9.17, 15) is 26.4 Å². The Morgan fingerprint density at radius 2 is 1.85 bits per heavy atom. The van der Waals surface area contributed by atoms with Crippen LogP contribution in [0.2, 0.25) is 0 Å². The molecule has 0 saturated heterocycles. The molecule has 0 unspecified atom stereocenters. The number of halogens is 3. The maximum absolute atomic E-state index is 12.3. The highest BCUT2D eigenvalue weighted by Gasteiger charge is 2.30. The second-order valence-electron chi connectivity index (χ2n) is 5.83. The number of carbonyl (C=O) groups excluding carboxylic acids is 1. The largest absolute Gasteiger partial charge is 0.402 e. The molecule has 0 fully saturated rings. The molecule has 3 rings (SSSR count). The quantitative estimate of drug-likeness (QED) is 0.803. The topological polar surface area (TPSA) is 75.3 Å². The minimum Gasteiger partial charge on any atom is -0.321 e. The van der Waals surface area contributed by atoms with Crippen molar-refractivity contribution in [3.8, 4) is 0 Å². The van der Waals surface area contributed by atoms with Crippen LogP contribution < -0.4 is 10.0 Å². The van der Waals surface area contributed by atoms with Gasteiger partial charge in [0.15, 0.2) is 0 Å². The van der Waals surface area contributed by atoms with Gasteiger partial charge in [-0.05, 0) is 55.2 Å².